The van der Waals surface area contributed by atoms with E-state index in [1.807, 2.05) is 261 Å². The summed E-state index contributed by atoms with van der Waals surface area (Å²) in [5.41, 5.74) is 45.7. The number of nitrogens with one attached hydrogen (secondary N) is 3. The lowest BCUT2D eigenvalue weighted by atomic mass is 9.95. The number of para-hydroxylation sites is 3. The number of hydrogen-bond donors (Lipinski definition) is 3. The summed E-state index contributed by atoms with van der Waals surface area (Å²) in [6.07, 6.45) is 6.10. The maximum atomic E-state index is 14.0. The fraction of sp³-hybridized carbons (Fsp3) is 0.316. The van der Waals surface area contributed by atoms with Crippen LogP contribution in [0.1, 0.15) is 162 Å². The van der Waals surface area contributed by atoms with Crippen LogP contribution in [0, 0.1) is 47.4 Å². The average Bonchev–Trinajstić information content (AvgIpc) is 1.69. The van der Waals surface area contributed by atoms with Crippen molar-refractivity contribution < 1.29 is 57.2 Å². The third-order valence-electron chi connectivity index (χ3n) is 24.0. The standard InChI is InChI=1S/C89H89N13O10.C22H22N2O2.C3H6N6/c1-91-82(103)23-11-13-25-84(105)99-60-74-15-3-5-17-76(74)86-88(78-19-7-9-21-80(78)99)101(97-94-86)46-49-108-52-55-111-63-69-38-29-66(30-39-69)34-43-72-57-71(42-33-65-27-36-68(37-28-65)62-110-54-51-107-48-45-93-96-90)58-73(59-72)44-35-67-31-40-70(41-32-67)64-112-56-53-109-50-47-102-89-79-20-8-10-22-81(79)100(85(106)26-14-12-24-83(104)92-2)61-75-16-4-6-18-77(75)87(89)95-98-102;1-23-21(25)12-6-7-13-22(26)24-16-19-10-3-2-8-17(19)14-15-18-9-4-5-11-20(18)24;1-3(7-9-5)2-6-8-4/h3-10,15-22,27-32,36-41,57-59H,11-14,23-26,45-56,60-64H2,1-2H3,(H,91,103)(H,92,104);2-5,8-11H,6-7,12-13,16H2,1H3,(H,23,25);3H,2H2,1H3. The number of amides is 6. The molecule has 147 heavy (non-hydrogen) atoms. The zero-order valence-electron chi connectivity index (χ0n) is 83.0. The Balaban J connectivity index is 0.000000432. The topological polar surface area (TPSA) is 411 Å². The lowest BCUT2D eigenvalue weighted by Gasteiger charge is -2.29. The van der Waals surface area contributed by atoms with Gasteiger partial charge in [-0.1, -0.05) is 232 Å². The van der Waals surface area contributed by atoms with Crippen LogP contribution in [0.25, 0.3) is 76.4 Å². The number of carbonyl (C=O) groups is 6. The van der Waals surface area contributed by atoms with Crippen LogP contribution in [-0.4, -0.2) is 165 Å². The smallest absolute Gasteiger partial charge is 0.227 e. The van der Waals surface area contributed by atoms with Crippen LogP contribution in [0.2, 0.25) is 0 Å². The first-order valence-electron chi connectivity index (χ1n) is 49.0. The van der Waals surface area contributed by atoms with Gasteiger partial charge in [0.1, 0.15) is 11.4 Å². The van der Waals surface area contributed by atoms with Gasteiger partial charge < -0.3 is 59.1 Å². The van der Waals surface area contributed by atoms with E-state index in [1.165, 1.54) is 0 Å². The van der Waals surface area contributed by atoms with Crippen LogP contribution in [0.15, 0.2) is 252 Å². The fourth-order valence-electron chi connectivity index (χ4n) is 16.4. The molecule has 15 rings (SSSR count). The van der Waals surface area contributed by atoms with Crippen LogP contribution in [-0.2, 0) is 110 Å². The molecule has 1 unspecified atom stereocenters. The molecule has 0 spiro atoms. The predicted octanol–water partition coefficient (Wildman–Crippen LogP) is 18.6. The van der Waals surface area contributed by atoms with E-state index in [1.54, 1.807) is 28.1 Å². The van der Waals surface area contributed by atoms with Gasteiger partial charge >= 0.3 is 0 Å². The molecule has 0 radical (unpaired) electrons. The van der Waals surface area contributed by atoms with Gasteiger partial charge in [0.25, 0.3) is 0 Å². The summed E-state index contributed by atoms with van der Waals surface area (Å²) in [6, 6.07) is 77.0. The van der Waals surface area contributed by atoms with E-state index in [-0.39, 0.29) is 54.6 Å². The van der Waals surface area contributed by atoms with Gasteiger partial charge in [-0.15, -0.1) is 10.2 Å². The van der Waals surface area contributed by atoms with Crippen LogP contribution in [0.3, 0.4) is 0 Å². The number of ether oxygens (including phenoxy) is 6. The molecular formula is C114H117N21O12. The molecule has 5 heterocycles. The summed E-state index contributed by atoms with van der Waals surface area (Å²) in [5, 5.41) is 36.5. The lowest BCUT2D eigenvalue weighted by Crippen LogP contribution is -2.31. The second-order valence-corrected chi connectivity index (χ2v) is 34.4. The molecule has 3 aliphatic rings. The van der Waals surface area contributed by atoms with Crippen LogP contribution >= 0.6 is 0 Å². The van der Waals surface area contributed by atoms with E-state index in [0.29, 0.717) is 189 Å². The van der Waals surface area contributed by atoms with Gasteiger partial charge in [0.05, 0.1) is 140 Å². The van der Waals surface area contributed by atoms with Gasteiger partial charge in [0, 0.05) is 160 Å². The molecule has 12 aromatic rings. The number of aromatic nitrogens is 6. The number of rotatable bonds is 42. The van der Waals surface area contributed by atoms with Crippen molar-refractivity contribution in [2.45, 2.75) is 143 Å². The van der Waals surface area contributed by atoms with E-state index in [4.69, 9.17) is 55.2 Å². The molecule has 0 aliphatic carbocycles. The zero-order valence-corrected chi connectivity index (χ0v) is 83.0. The van der Waals surface area contributed by atoms with Crippen molar-refractivity contribution in [1.82, 2.24) is 45.9 Å². The van der Waals surface area contributed by atoms with E-state index in [0.717, 1.165) is 140 Å². The van der Waals surface area contributed by atoms with Gasteiger partial charge in [0.15, 0.2) is 0 Å². The van der Waals surface area contributed by atoms with E-state index in [9.17, 15) is 28.8 Å². The van der Waals surface area contributed by atoms with E-state index in [2.05, 4.69) is 104 Å². The number of carbonyl (C=O) groups excluding carboxylic acids is 6. The van der Waals surface area contributed by atoms with Crippen molar-refractivity contribution >= 4 is 52.5 Å². The Bertz CT molecular complexity index is 6690. The maximum absolute atomic E-state index is 14.0. The Kier molecular flexibility index (Phi) is 42.5. The molecule has 10 aromatic carbocycles. The van der Waals surface area contributed by atoms with Gasteiger partial charge in [0.2, 0.25) is 35.4 Å². The zero-order chi connectivity index (χ0) is 103. The highest BCUT2D eigenvalue weighted by molar-refractivity contribution is 6.02. The predicted molar refractivity (Wildman–Crippen MR) is 564 cm³/mol. The summed E-state index contributed by atoms with van der Waals surface area (Å²) >= 11 is 0. The summed E-state index contributed by atoms with van der Waals surface area (Å²) in [4.78, 5) is 89.2. The van der Waals surface area contributed by atoms with E-state index >= 15 is 0 Å². The highest BCUT2D eigenvalue weighted by Crippen LogP contribution is 2.44. The molecule has 0 bridgehead atoms. The minimum atomic E-state index is -0.245. The molecule has 0 saturated carbocycles. The molecule has 33 nitrogen and oxygen atoms in total. The number of azide groups is 3. The van der Waals surface area contributed by atoms with E-state index < -0.39 is 0 Å². The molecule has 6 amide bonds. The normalized spacial score (nSPS) is 11.6. The third kappa shape index (κ3) is 32.6. The minimum absolute atomic E-state index is 0.0123. The fourth-order valence-corrected chi connectivity index (χ4v) is 16.4. The first-order chi connectivity index (χ1) is 72.1. The van der Waals surface area contributed by atoms with Crippen molar-refractivity contribution in [3.05, 3.63) is 346 Å². The highest BCUT2D eigenvalue weighted by atomic mass is 16.5. The van der Waals surface area contributed by atoms with Crippen molar-refractivity contribution in [3.63, 3.8) is 0 Å². The van der Waals surface area contributed by atoms with Crippen molar-refractivity contribution in [2.75, 3.05) is 108 Å². The minimum Gasteiger partial charge on any atom is -0.379 e. The van der Waals surface area contributed by atoms with Crippen molar-refractivity contribution in [2.24, 2.45) is 15.3 Å². The number of hydrogen-bond acceptors (Lipinski definition) is 19. The van der Waals surface area contributed by atoms with Crippen LogP contribution in [0.5, 0.6) is 0 Å². The lowest BCUT2D eigenvalue weighted by molar-refractivity contribution is -0.121. The van der Waals surface area contributed by atoms with Crippen molar-refractivity contribution in [1.29, 1.82) is 0 Å². The first kappa shape index (κ1) is 108. The Morgan fingerprint density at radius 1 is 0.367 bits per heavy atom. The molecule has 3 aliphatic heterocycles. The van der Waals surface area contributed by atoms with Gasteiger partial charge in [-0.2, -0.15) is 0 Å². The summed E-state index contributed by atoms with van der Waals surface area (Å²) < 4.78 is 39.3. The Morgan fingerprint density at radius 2 is 0.701 bits per heavy atom. The van der Waals surface area contributed by atoms with Crippen molar-refractivity contribution in [3.8, 4) is 92.4 Å². The number of benzene rings is 10. The van der Waals surface area contributed by atoms with Gasteiger partial charge in [-0.05, 0) is 173 Å². The molecule has 2 aromatic heterocycles. The van der Waals surface area contributed by atoms with Crippen LogP contribution < -0.4 is 30.7 Å². The van der Waals surface area contributed by atoms with Gasteiger partial charge in [-0.3, -0.25) is 28.8 Å². The largest absolute Gasteiger partial charge is 0.379 e. The summed E-state index contributed by atoms with van der Waals surface area (Å²) in [7, 11) is 4.87. The summed E-state index contributed by atoms with van der Waals surface area (Å²) in [6.45, 7) is 8.86. The monoisotopic (exact) mass is 1970 g/mol. The molecule has 0 saturated heterocycles. The maximum Gasteiger partial charge on any atom is 0.227 e. The first-order valence-corrected chi connectivity index (χ1v) is 49.0. The Hall–Kier alpha value is -16.8. The Morgan fingerprint density at radius 3 is 1.11 bits per heavy atom. The number of anilines is 3. The number of unbranched alkanes of at least 4 members (excludes halogenated alkanes) is 3. The summed E-state index contributed by atoms with van der Waals surface area (Å²) in [5.74, 6) is 26.5. The molecule has 0 fully saturated rings. The van der Waals surface area contributed by atoms with Crippen LogP contribution in [0.4, 0.5) is 17.1 Å². The third-order valence-corrected chi connectivity index (χ3v) is 24.0. The molecule has 33 heteroatoms. The molecular weight excluding hydrogens is 1860 g/mol. The second-order valence-electron chi connectivity index (χ2n) is 34.4. The highest BCUT2D eigenvalue weighted by Gasteiger charge is 2.32. The van der Waals surface area contributed by atoms with Gasteiger partial charge in [-0.25, -0.2) is 9.36 Å². The Labute approximate surface area is 855 Å². The number of fused-ring (bicyclic) bond motifs is 12. The SMILES string of the molecule is CC(CN=[N+]=[N-])N=[N+]=[N-].CNC(=O)CCCCC(=O)N1Cc2ccccc2-c2nnn(CCOCCOCc3ccc(C#Cc4cc(C#Cc5ccc(COCCOCCN=[N+]=[N-])cc5)cc(C#Cc5ccc(COCCOCCn6nnc7c6-c6ccccc6N(C(=O)CCCCC(=O)NC)Cc6ccccc6-7)cc5)c4)cc3)c2-c2ccccc21.CNC(=O)CCCCC(=O)N1Cc2ccccc2C#Cc2ccccc21. The quantitative estimate of drug-likeness (QED) is 0.0105. The number of nitrogens with zero attached hydrogens (tertiary/aromatic N) is 18. The average molecular weight is 1970 g/mol. The second kappa shape index (κ2) is 58.1. The molecule has 1 atom stereocenters. The molecule has 750 valence electrons. The molecule has 3 N–H and O–H groups in total.